The van der Waals surface area contributed by atoms with Gasteiger partial charge in [-0.05, 0) is 31.3 Å². The molecule has 0 saturated heterocycles. The van der Waals surface area contributed by atoms with E-state index in [0.717, 1.165) is 15.0 Å². The molecule has 1 aromatic heterocycles. The minimum atomic E-state index is -0.0122. The van der Waals surface area contributed by atoms with Gasteiger partial charge in [0.2, 0.25) is 5.91 Å². The maximum absolute atomic E-state index is 11.8. The van der Waals surface area contributed by atoms with Crippen molar-refractivity contribution in [3.63, 3.8) is 0 Å². The third kappa shape index (κ3) is 6.05. The van der Waals surface area contributed by atoms with Gasteiger partial charge in [0.1, 0.15) is 12.4 Å². The van der Waals surface area contributed by atoms with Gasteiger partial charge in [0.15, 0.2) is 0 Å². The first-order valence-electron chi connectivity index (χ1n) is 7.01. The number of nitrogens with zero attached hydrogens (tertiary/aromatic N) is 1. The Morgan fingerprint density at radius 2 is 2.05 bits per heavy atom. The van der Waals surface area contributed by atoms with Crippen LogP contribution in [-0.4, -0.2) is 37.6 Å². The largest absolute Gasteiger partial charge is 0.492 e. The van der Waals surface area contributed by atoms with E-state index in [4.69, 9.17) is 16.3 Å². The average Bonchev–Trinajstić information content (AvgIpc) is 2.89. The second kappa shape index (κ2) is 8.78. The summed E-state index contributed by atoms with van der Waals surface area (Å²) in [5, 5.41) is 2.85. The van der Waals surface area contributed by atoms with E-state index in [-0.39, 0.29) is 5.91 Å². The van der Waals surface area contributed by atoms with Crippen LogP contribution < -0.4 is 10.1 Å². The topological polar surface area (TPSA) is 41.6 Å². The molecule has 1 aromatic carbocycles. The third-order valence-corrected chi connectivity index (χ3v) is 4.12. The maximum atomic E-state index is 11.8. The van der Waals surface area contributed by atoms with Gasteiger partial charge in [-0.3, -0.25) is 9.69 Å². The fourth-order valence-electron chi connectivity index (χ4n) is 1.94. The number of hydrogen-bond acceptors (Lipinski definition) is 4. The van der Waals surface area contributed by atoms with E-state index in [2.05, 4.69) is 5.32 Å². The van der Waals surface area contributed by atoms with E-state index in [1.807, 2.05) is 54.4 Å². The molecule has 0 fully saturated rings. The van der Waals surface area contributed by atoms with E-state index in [1.165, 1.54) is 11.3 Å². The molecule has 118 valence electrons. The Balaban J connectivity index is 1.61. The van der Waals surface area contributed by atoms with Gasteiger partial charge in [0, 0.05) is 11.4 Å². The molecule has 0 saturated carbocycles. The van der Waals surface area contributed by atoms with Crippen molar-refractivity contribution in [2.24, 2.45) is 0 Å². The van der Waals surface area contributed by atoms with Crippen LogP contribution in [0.5, 0.6) is 5.75 Å². The Hall–Kier alpha value is -1.56. The van der Waals surface area contributed by atoms with Gasteiger partial charge in [-0.2, -0.15) is 0 Å². The molecule has 2 rings (SSSR count). The summed E-state index contributed by atoms with van der Waals surface area (Å²) in [4.78, 5) is 14.9. The Kier molecular flexibility index (Phi) is 6.71. The Labute approximate surface area is 139 Å². The predicted molar refractivity (Wildman–Crippen MR) is 90.6 cm³/mol. The molecule has 0 spiro atoms. The van der Waals surface area contributed by atoms with E-state index >= 15 is 0 Å². The van der Waals surface area contributed by atoms with Crippen molar-refractivity contribution in [2.45, 2.75) is 6.54 Å². The smallest absolute Gasteiger partial charge is 0.234 e. The van der Waals surface area contributed by atoms with Gasteiger partial charge in [-0.1, -0.05) is 29.8 Å². The second-order valence-corrected chi connectivity index (χ2v) is 6.69. The highest BCUT2D eigenvalue weighted by molar-refractivity contribution is 7.16. The molecular weight excluding hydrogens is 320 g/mol. The lowest BCUT2D eigenvalue weighted by atomic mass is 10.3. The number of hydrogen-bond donors (Lipinski definition) is 1. The van der Waals surface area contributed by atoms with Crippen LogP contribution in [0.1, 0.15) is 4.88 Å². The normalized spacial score (nSPS) is 10.7. The van der Waals surface area contributed by atoms with Crippen LogP contribution in [0.4, 0.5) is 0 Å². The first kappa shape index (κ1) is 16.8. The number of carbonyl (C=O) groups excluding carboxylic acids is 1. The molecule has 6 heteroatoms. The molecule has 0 aliphatic heterocycles. The summed E-state index contributed by atoms with van der Waals surface area (Å²) in [5.41, 5.74) is 0. The lowest BCUT2D eigenvalue weighted by Crippen LogP contribution is -2.36. The van der Waals surface area contributed by atoms with Crippen LogP contribution in [-0.2, 0) is 11.3 Å². The molecule has 0 radical (unpaired) electrons. The first-order valence-corrected chi connectivity index (χ1v) is 8.20. The molecule has 0 aliphatic rings. The summed E-state index contributed by atoms with van der Waals surface area (Å²) in [6.45, 7) is 2.01. The number of likely N-dealkylation sites (N-methyl/N-ethyl adjacent to an activating group) is 1. The van der Waals surface area contributed by atoms with Crippen molar-refractivity contribution in [2.75, 3.05) is 26.7 Å². The zero-order valence-corrected chi connectivity index (χ0v) is 14.0. The number of halogens is 1. The van der Waals surface area contributed by atoms with Crippen molar-refractivity contribution < 1.29 is 9.53 Å². The lowest BCUT2D eigenvalue weighted by molar-refractivity contribution is -0.122. The molecule has 4 nitrogen and oxygen atoms in total. The number of thiophene rings is 1. The highest BCUT2D eigenvalue weighted by Crippen LogP contribution is 2.22. The standard InChI is InChI=1S/C16H19ClN2O2S/c1-19(11-14-7-8-15(17)22-14)12-16(20)18-9-10-21-13-5-3-2-4-6-13/h2-8H,9-12H2,1H3,(H,18,20). The van der Waals surface area contributed by atoms with Gasteiger partial charge in [0.05, 0.1) is 17.4 Å². The summed E-state index contributed by atoms with van der Waals surface area (Å²) in [6.07, 6.45) is 0. The lowest BCUT2D eigenvalue weighted by Gasteiger charge is -2.15. The summed E-state index contributed by atoms with van der Waals surface area (Å²) in [7, 11) is 1.91. The van der Waals surface area contributed by atoms with Crippen LogP contribution in [0.2, 0.25) is 4.34 Å². The summed E-state index contributed by atoms with van der Waals surface area (Å²) in [5.74, 6) is 0.797. The third-order valence-electron chi connectivity index (χ3n) is 2.90. The van der Waals surface area contributed by atoms with Crippen LogP contribution in [0.3, 0.4) is 0 Å². The number of rotatable bonds is 8. The SMILES string of the molecule is CN(CC(=O)NCCOc1ccccc1)Cc1ccc(Cl)s1. The van der Waals surface area contributed by atoms with Gasteiger partial charge < -0.3 is 10.1 Å². The number of carbonyl (C=O) groups is 1. The number of ether oxygens (including phenoxy) is 1. The summed E-state index contributed by atoms with van der Waals surface area (Å²) < 4.78 is 6.29. The minimum Gasteiger partial charge on any atom is -0.492 e. The van der Waals surface area contributed by atoms with Gasteiger partial charge in [0.25, 0.3) is 0 Å². The quantitative estimate of drug-likeness (QED) is 0.752. The maximum Gasteiger partial charge on any atom is 0.234 e. The van der Waals surface area contributed by atoms with Gasteiger partial charge in [-0.15, -0.1) is 11.3 Å². The molecule has 22 heavy (non-hydrogen) atoms. The number of nitrogens with one attached hydrogen (secondary N) is 1. The zero-order chi connectivity index (χ0) is 15.8. The molecule has 0 unspecified atom stereocenters. The van der Waals surface area contributed by atoms with Gasteiger partial charge in [-0.25, -0.2) is 0 Å². The van der Waals surface area contributed by atoms with Crippen LogP contribution in [0.15, 0.2) is 42.5 Å². The predicted octanol–water partition coefficient (Wildman–Crippen LogP) is 3.03. The molecule has 0 atom stereocenters. The zero-order valence-electron chi connectivity index (χ0n) is 12.4. The van der Waals surface area contributed by atoms with Crippen molar-refractivity contribution in [3.05, 3.63) is 51.7 Å². The summed E-state index contributed by atoms with van der Waals surface area (Å²) in [6, 6.07) is 13.4. The highest BCUT2D eigenvalue weighted by Gasteiger charge is 2.08. The van der Waals surface area contributed by atoms with Crippen LogP contribution in [0.25, 0.3) is 0 Å². The number of para-hydroxylation sites is 1. The molecule has 0 bridgehead atoms. The van der Waals surface area contributed by atoms with Crippen LogP contribution >= 0.6 is 22.9 Å². The first-order chi connectivity index (χ1) is 10.6. The molecule has 2 aromatic rings. The molecular formula is C16H19ClN2O2S. The Morgan fingerprint density at radius 1 is 1.27 bits per heavy atom. The van der Waals surface area contributed by atoms with E-state index in [0.29, 0.717) is 26.2 Å². The highest BCUT2D eigenvalue weighted by atomic mass is 35.5. The molecule has 1 heterocycles. The Morgan fingerprint density at radius 3 is 2.73 bits per heavy atom. The Bertz CT molecular complexity index is 589. The van der Waals surface area contributed by atoms with Crippen molar-refractivity contribution in [1.82, 2.24) is 10.2 Å². The average molecular weight is 339 g/mol. The fourth-order valence-corrected chi connectivity index (χ4v) is 3.10. The van der Waals surface area contributed by atoms with Crippen molar-refractivity contribution in [1.29, 1.82) is 0 Å². The van der Waals surface area contributed by atoms with Crippen molar-refractivity contribution in [3.8, 4) is 5.75 Å². The molecule has 1 N–H and O–H groups in total. The molecule has 1 amide bonds. The number of benzene rings is 1. The van der Waals surface area contributed by atoms with E-state index in [9.17, 15) is 4.79 Å². The fraction of sp³-hybridized carbons (Fsp3) is 0.312. The second-order valence-electron chi connectivity index (χ2n) is 4.89. The van der Waals surface area contributed by atoms with E-state index in [1.54, 1.807) is 0 Å². The monoisotopic (exact) mass is 338 g/mol. The van der Waals surface area contributed by atoms with Crippen LogP contribution in [0, 0.1) is 0 Å². The molecule has 0 aliphatic carbocycles. The minimum absolute atomic E-state index is 0.0122. The number of amides is 1. The summed E-state index contributed by atoms with van der Waals surface area (Å²) >= 11 is 7.43. The van der Waals surface area contributed by atoms with Crippen molar-refractivity contribution >= 4 is 28.8 Å². The van der Waals surface area contributed by atoms with Gasteiger partial charge >= 0.3 is 0 Å². The van der Waals surface area contributed by atoms with E-state index < -0.39 is 0 Å².